The molecule has 0 aliphatic rings. The van der Waals surface area contributed by atoms with Gasteiger partial charge in [0.15, 0.2) is 5.43 Å². The maximum atomic E-state index is 12.0. The summed E-state index contributed by atoms with van der Waals surface area (Å²) in [4.78, 5) is 28.4. The van der Waals surface area contributed by atoms with Crippen molar-refractivity contribution in [1.82, 2.24) is 9.55 Å². The number of aromatic nitrogens is 2. The van der Waals surface area contributed by atoms with Crippen LogP contribution in [0.15, 0.2) is 40.0 Å². The van der Waals surface area contributed by atoms with Crippen molar-refractivity contribution in [2.75, 3.05) is 13.7 Å². The molecule has 0 saturated carbocycles. The van der Waals surface area contributed by atoms with Gasteiger partial charge in [-0.3, -0.25) is 4.79 Å². The molecule has 2 heterocycles. The molecule has 2 aromatic heterocycles. The highest BCUT2D eigenvalue weighted by Gasteiger charge is 2.22. The first-order valence-corrected chi connectivity index (χ1v) is 8.77. The van der Waals surface area contributed by atoms with E-state index >= 15 is 0 Å². The van der Waals surface area contributed by atoms with Gasteiger partial charge in [-0.05, 0) is 34.8 Å². The van der Waals surface area contributed by atoms with Crippen LogP contribution < -0.4 is 10.2 Å². The second-order valence-electron chi connectivity index (χ2n) is 5.81. The van der Waals surface area contributed by atoms with E-state index < -0.39 is 5.97 Å². The first kappa shape index (κ1) is 19.2. The highest BCUT2D eigenvalue weighted by molar-refractivity contribution is 9.10. The second kappa shape index (κ2) is 8.29. The molecule has 0 spiro atoms. The molecule has 2 rings (SSSR count). The van der Waals surface area contributed by atoms with Gasteiger partial charge in [-0.15, -0.1) is 0 Å². The van der Waals surface area contributed by atoms with E-state index in [0.29, 0.717) is 10.5 Å². The standard InChI is InChI=1S/C18H21BrN2O4/c1-5-25-18(23)13-10-21(9-8-14(13)22)16(11(2)3)12-6-7-15(24-4)20-17(12)19/h6-11,16H,5H2,1-4H3/t16-/m1/s1. The highest BCUT2D eigenvalue weighted by atomic mass is 79.9. The molecule has 25 heavy (non-hydrogen) atoms. The molecule has 0 bridgehead atoms. The van der Waals surface area contributed by atoms with Gasteiger partial charge < -0.3 is 14.0 Å². The molecule has 0 saturated heterocycles. The lowest BCUT2D eigenvalue weighted by Gasteiger charge is -2.26. The number of carbonyl (C=O) groups excluding carboxylic acids is 1. The average molecular weight is 409 g/mol. The van der Waals surface area contributed by atoms with Crippen molar-refractivity contribution >= 4 is 21.9 Å². The summed E-state index contributed by atoms with van der Waals surface area (Å²) in [5.74, 6) is 0.0746. The Morgan fingerprint density at radius 1 is 1.32 bits per heavy atom. The van der Waals surface area contributed by atoms with Crippen LogP contribution >= 0.6 is 15.9 Å². The molecular formula is C18H21BrN2O4. The summed E-state index contributed by atoms with van der Waals surface area (Å²) in [5.41, 5.74) is 0.589. The van der Waals surface area contributed by atoms with Gasteiger partial charge in [-0.25, -0.2) is 9.78 Å². The lowest BCUT2D eigenvalue weighted by molar-refractivity contribution is 0.0523. The third kappa shape index (κ3) is 4.28. The SMILES string of the molecule is CCOC(=O)c1cn([C@@H](c2ccc(OC)nc2Br)C(C)C)ccc1=O. The molecule has 0 aliphatic heterocycles. The molecule has 6 nitrogen and oxygen atoms in total. The van der Waals surface area contributed by atoms with Crippen molar-refractivity contribution in [3.8, 4) is 5.88 Å². The molecule has 134 valence electrons. The Morgan fingerprint density at radius 3 is 2.60 bits per heavy atom. The van der Waals surface area contributed by atoms with E-state index in [4.69, 9.17) is 9.47 Å². The first-order chi connectivity index (χ1) is 11.9. The Kier molecular flexibility index (Phi) is 6.36. The predicted molar refractivity (Wildman–Crippen MR) is 98.1 cm³/mol. The van der Waals surface area contributed by atoms with E-state index in [-0.39, 0.29) is 29.6 Å². The lowest BCUT2D eigenvalue weighted by atomic mass is 9.96. The van der Waals surface area contributed by atoms with Crippen LogP contribution in [-0.2, 0) is 4.74 Å². The Morgan fingerprint density at radius 2 is 2.04 bits per heavy atom. The number of ether oxygens (including phenoxy) is 2. The topological polar surface area (TPSA) is 70.4 Å². The first-order valence-electron chi connectivity index (χ1n) is 7.98. The summed E-state index contributed by atoms with van der Waals surface area (Å²) >= 11 is 3.48. The largest absolute Gasteiger partial charge is 0.481 e. The smallest absolute Gasteiger partial charge is 0.343 e. The third-order valence-electron chi connectivity index (χ3n) is 3.77. The van der Waals surface area contributed by atoms with E-state index in [2.05, 4.69) is 34.8 Å². The molecule has 2 aromatic rings. The van der Waals surface area contributed by atoms with E-state index in [1.807, 2.05) is 10.6 Å². The van der Waals surface area contributed by atoms with Crippen molar-refractivity contribution < 1.29 is 14.3 Å². The minimum atomic E-state index is -0.615. The zero-order valence-electron chi connectivity index (χ0n) is 14.7. The minimum absolute atomic E-state index is 0.0209. The maximum absolute atomic E-state index is 12.0. The Labute approximate surface area is 154 Å². The molecule has 0 aromatic carbocycles. The average Bonchev–Trinajstić information content (AvgIpc) is 2.57. The van der Waals surface area contributed by atoms with Crippen molar-refractivity contribution in [2.45, 2.75) is 26.8 Å². The predicted octanol–water partition coefficient (Wildman–Crippen LogP) is 3.44. The van der Waals surface area contributed by atoms with Crippen LogP contribution in [0.25, 0.3) is 0 Å². The zero-order valence-corrected chi connectivity index (χ0v) is 16.2. The summed E-state index contributed by atoms with van der Waals surface area (Å²) in [5, 5.41) is 0. The number of carbonyl (C=O) groups is 1. The van der Waals surface area contributed by atoms with E-state index in [1.54, 1.807) is 32.5 Å². The number of rotatable bonds is 6. The maximum Gasteiger partial charge on any atom is 0.343 e. The van der Waals surface area contributed by atoms with Crippen molar-refractivity contribution in [2.24, 2.45) is 5.92 Å². The Bertz CT molecular complexity index is 817. The van der Waals surface area contributed by atoms with Gasteiger partial charge >= 0.3 is 5.97 Å². The minimum Gasteiger partial charge on any atom is -0.481 e. The van der Waals surface area contributed by atoms with Gasteiger partial charge in [0.2, 0.25) is 5.88 Å². The number of pyridine rings is 2. The molecular weight excluding hydrogens is 388 g/mol. The normalized spacial score (nSPS) is 12.1. The molecule has 1 atom stereocenters. The van der Waals surface area contributed by atoms with Crippen LogP contribution in [0, 0.1) is 5.92 Å². The number of esters is 1. The van der Waals surface area contributed by atoms with Crippen LogP contribution in [0.4, 0.5) is 0 Å². The van der Waals surface area contributed by atoms with Crippen LogP contribution in [0.5, 0.6) is 5.88 Å². The van der Waals surface area contributed by atoms with Gasteiger partial charge in [0.05, 0.1) is 19.8 Å². The van der Waals surface area contributed by atoms with Gasteiger partial charge in [0.25, 0.3) is 0 Å². The zero-order chi connectivity index (χ0) is 18.6. The number of hydrogen-bond donors (Lipinski definition) is 0. The Hall–Kier alpha value is -2.15. The van der Waals surface area contributed by atoms with E-state index in [9.17, 15) is 9.59 Å². The fraction of sp³-hybridized carbons (Fsp3) is 0.389. The van der Waals surface area contributed by atoms with Crippen molar-refractivity contribution in [3.05, 3.63) is 56.5 Å². The Balaban J connectivity index is 2.53. The molecule has 0 amide bonds. The van der Waals surface area contributed by atoms with Gasteiger partial charge in [-0.2, -0.15) is 0 Å². The fourth-order valence-electron chi connectivity index (χ4n) is 2.66. The van der Waals surface area contributed by atoms with Crippen molar-refractivity contribution in [1.29, 1.82) is 0 Å². The molecule has 0 N–H and O–H groups in total. The van der Waals surface area contributed by atoms with Crippen LogP contribution in [0.2, 0.25) is 0 Å². The van der Waals surface area contributed by atoms with E-state index in [0.717, 1.165) is 5.56 Å². The number of halogens is 1. The summed E-state index contributed by atoms with van der Waals surface area (Å²) in [6.07, 6.45) is 3.22. The fourth-order valence-corrected chi connectivity index (χ4v) is 3.20. The number of methoxy groups -OCH3 is 1. The molecule has 0 fully saturated rings. The summed E-state index contributed by atoms with van der Waals surface area (Å²) in [6, 6.07) is 4.96. The molecule has 7 heteroatoms. The summed E-state index contributed by atoms with van der Waals surface area (Å²) < 4.78 is 12.6. The van der Waals surface area contributed by atoms with Gasteiger partial charge in [0.1, 0.15) is 10.2 Å². The van der Waals surface area contributed by atoms with Crippen LogP contribution in [0.1, 0.15) is 42.7 Å². The lowest BCUT2D eigenvalue weighted by Crippen LogP contribution is -2.23. The third-order valence-corrected chi connectivity index (χ3v) is 4.40. The molecule has 0 radical (unpaired) electrons. The van der Waals surface area contributed by atoms with Gasteiger partial charge in [0, 0.05) is 30.1 Å². The summed E-state index contributed by atoms with van der Waals surface area (Å²) in [7, 11) is 1.56. The van der Waals surface area contributed by atoms with Crippen LogP contribution in [0.3, 0.4) is 0 Å². The highest BCUT2D eigenvalue weighted by Crippen LogP contribution is 2.32. The molecule has 0 aliphatic carbocycles. The number of hydrogen-bond acceptors (Lipinski definition) is 5. The summed E-state index contributed by atoms with van der Waals surface area (Å²) in [6.45, 7) is 6.04. The van der Waals surface area contributed by atoms with Crippen LogP contribution in [-0.4, -0.2) is 29.2 Å². The van der Waals surface area contributed by atoms with Crippen molar-refractivity contribution in [3.63, 3.8) is 0 Å². The molecule has 0 unspecified atom stereocenters. The second-order valence-corrected chi connectivity index (χ2v) is 6.56. The quantitative estimate of drug-likeness (QED) is 0.540. The monoisotopic (exact) mass is 408 g/mol. The number of nitrogens with zero attached hydrogens (tertiary/aromatic N) is 2. The van der Waals surface area contributed by atoms with Gasteiger partial charge in [-0.1, -0.05) is 13.8 Å². The van der Waals surface area contributed by atoms with E-state index in [1.165, 1.54) is 6.07 Å².